The van der Waals surface area contributed by atoms with Gasteiger partial charge in [-0.1, -0.05) is 30.3 Å². The topological polar surface area (TPSA) is 70.5 Å². The zero-order chi connectivity index (χ0) is 15.5. The van der Waals surface area contributed by atoms with E-state index in [-0.39, 0.29) is 12.5 Å². The number of pyridine rings is 1. The predicted molar refractivity (Wildman–Crippen MR) is 81.3 cm³/mol. The molecule has 1 fully saturated rings. The van der Waals surface area contributed by atoms with Gasteiger partial charge in [-0.25, -0.2) is 0 Å². The number of nitrogens with zero attached hydrogens (tertiary/aromatic N) is 2. The lowest BCUT2D eigenvalue weighted by atomic mass is 10.1. The van der Waals surface area contributed by atoms with Crippen LogP contribution in [-0.4, -0.2) is 40.0 Å². The molecule has 1 saturated heterocycles. The van der Waals surface area contributed by atoms with Gasteiger partial charge < -0.3 is 10.0 Å². The molecule has 22 heavy (non-hydrogen) atoms. The highest BCUT2D eigenvalue weighted by Crippen LogP contribution is 2.22. The van der Waals surface area contributed by atoms with Gasteiger partial charge in [-0.05, 0) is 18.1 Å². The molecule has 1 aliphatic heterocycles. The Hall–Kier alpha value is -2.69. The Kier molecular flexibility index (Phi) is 3.87. The maximum absolute atomic E-state index is 12.5. The Labute approximate surface area is 128 Å². The van der Waals surface area contributed by atoms with E-state index in [0.29, 0.717) is 18.5 Å². The predicted octanol–water partition coefficient (Wildman–Crippen LogP) is 2.30. The average molecular weight is 296 g/mol. The van der Waals surface area contributed by atoms with Gasteiger partial charge in [0.05, 0.1) is 11.5 Å². The lowest BCUT2D eigenvalue weighted by Gasteiger charge is -2.16. The summed E-state index contributed by atoms with van der Waals surface area (Å²) in [7, 11) is 0. The van der Waals surface area contributed by atoms with Crippen LogP contribution in [0.2, 0.25) is 0 Å². The average Bonchev–Trinajstić information content (AvgIpc) is 3.05. The highest BCUT2D eigenvalue weighted by Gasteiger charge is 2.31. The number of carboxylic acid groups (broad SMARTS) is 1. The van der Waals surface area contributed by atoms with Gasteiger partial charge in [0.1, 0.15) is 0 Å². The summed E-state index contributed by atoms with van der Waals surface area (Å²) in [6, 6.07) is 11.5. The van der Waals surface area contributed by atoms with Crippen LogP contribution in [0.25, 0.3) is 11.1 Å². The number of aromatic nitrogens is 1. The van der Waals surface area contributed by atoms with Crippen molar-refractivity contribution in [3.05, 3.63) is 54.4 Å². The molecular weight excluding hydrogens is 280 g/mol. The number of benzene rings is 1. The molecule has 3 rings (SSSR count). The largest absolute Gasteiger partial charge is 0.481 e. The van der Waals surface area contributed by atoms with Crippen LogP contribution in [0.1, 0.15) is 16.8 Å². The van der Waals surface area contributed by atoms with E-state index < -0.39 is 11.9 Å². The molecule has 2 aromatic rings. The van der Waals surface area contributed by atoms with E-state index in [1.165, 1.54) is 6.20 Å². The number of rotatable bonds is 3. The summed E-state index contributed by atoms with van der Waals surface area (Å²) in [5.74, 6) is -1.46. The van der Waals surface area contributed by atoms with Crippen molar-refractivity contribution < 1.29 is 14.7 Å². The molecule has 1 atom stereocenters. The minimum Gasteiger partial charge on any atom is -0.481 e. The van der Waals surface area contributed by atoms with Crippen LogP contribution in [0.5, 0.6) is 0 Å². The third-order valence-corrected chi connectivity index (χ3v) is 3.92. The van der Waals surface area contributed by atoms with Crippen LogP contribution in [0.3, 0.4) is 0 Å². The number of carboxylic acids is 1. The van der Waals surface area contributed by atoms with E-state index in [4.69, 9.17) is 5.11 Å². The SMILES string of the molecule is O=C(O)[C@H]1CCN(C(=O)c2cncc(-c3ccccc3)c2)C1. The van der Waals surface area contributed by atoms with E-state index >= 15 is 0 Å². The monoisotopic (exact) mass is 296 g/mol. The molecule has 0 aliphatic carbocycles. The normalized spacial score (nSPS) is 17.5. The number of amides is 1. The van der Waals surface area contributed by atoms with Crippen molar-refractivity contribution in [1.29, 1.82) is 0 Å². The summed E-state index contributed by atoms with van der Waals surface area (Å²) in [5.41, 5.74) is 2.36. The van der Waals surface area contributed by atoms with E-state index in [1.54, 1.807) is 17.2 Å². The molecule has 0 bridgehead atoms. The fourth-order valence-corrected chi connectivity index (χ4v) is 2.67. The highest BCUT2D eigenvalue weighted by atomic mass is 16.4. The van der Waals surface area contributed by atoms with E-state index in [1.807, 2.05) is 30.3 Å². The van der Waals surface area contributed by atoms with E-state index in [0.717, 1.165) is 11.1 Å². The van der Waals surface area contributed by atoms with Crippen molar-refractivity contribution >= 4 is 11.9 Å². The minimum atomic E-state index is -0.841. The van der Waals surface area contributed by atoms with Gasteiger partial charge in [-0.2, -0.15) is 0 Å². The molecule has 112 valence electrons. The van der Waals surface area contributed by atoms with Crippen LogP contribution < -0.4 is 0 Å². The Morgan fingerprint density at radius 1 is 1.14 bits per heavy atom. The molecule has 1 N–H and O–H groups in total. The second kappa shape index (κ2) is 5.97. The first kappa shape index (κ1) is 14.3. The molecule has 1 aliphatic rings. The van der Waals surface area contributed by atoms with Crippen molar-refractivity contribution in [2.45, 2.75) is 6.42 Å². The second-order valence-corrected chi connectivity index (χ2v) is 5.40. The molecule has 5 nitrogen and oxygen atoms in total. The summed E-state index contributed by atoms with van der Waals surface area (Å²) in [5, 5.41) is 9.03. The van der Waals surface area contributed by atoms with Crippen LogP contribution >= 0.6 is 0 Å². The van der Waals surface area contributed by atoms with Gasteiger partial charge in [0, 0.05) is 31.0 Å². The summed E-state index contributed by atoms with van der Waals surface area (Å²) >= 11 is 0. The van der Waals surface area contributed by atoms with E-state index in [9.17, 15) is 9.59 Å². The highest BCUT2D eigenvalue weighted by molar-refractivity contribution is 5.95. The summed E-state index contributed by atoms with van der Waals surface area (Å²) in [6.45, 7) is 0.745. The third-order valence-electron chi connectivity index (χ3n) is 3.92. The van der Waals surface area contributed by atoms with Crippen molar-refractivity contribution in [3.63, 3.8) is 0 Å². The fourth-order valence-electron chi connectivity index (χ4n) is 2.67. The van der Waals surface area contributed by atoms with E-state index in [2.05, 4.69) is 4.98 Å². The van der Waals surface area contributed by atoms with Crippen LogP contribution in [0.15, 0.2) is 48.8 Å². The zero-order valence-electron chi connectivity index (χ0n) is 12.0. The quantitative estimate of drug-likeness (QED) is 0.943. The molecular formula is C17H16N2O3. The summed E-state index contributed by atoms with van der Waals surface area (Å²) < 4.78 is 0. The molecule has 0 unspecified atom stereocenters. The van der Waals surface area contributed by atoms with Crippen LogP contribution in [0.4, 0.5) is 0 Å². The van der Waals surface area contributed by atoms with Gasteiger partial charge in [0.25, 0.3) is 5.91 Å². The maximum atomic E-state index is 12.5. The Bertz CT molecular complexity index is 700. The van der Waals surface area contributed by atoms with Crippen molar-refractivity contribution in [2.24, 2.45) is 5.92 Å². The first-order valence-electron chi connectivity index (χ1n) is 7.17. The van der Waals surface area contributed by atoms with Gasteiger partial charge in [0.2, 0.25) is 0 Å². The lowest BCUT2D eigenvalue weighted by Crippen LogP contribution is -2.30. The number of likely N-dealkylation sites (tertiary alicyclic amines) is 1. The van der Waals surface area contributed by atoms with Gasteiger partial charge >= 0.3 is 5.97 Å². The zero-order valence-corrected chi connectivity index (χ0v) is 12.0. The number of carbonyl (C=O) groups excluding carboxylic acids is 1. The molecule has 0 saturated carbocycles. The minimum absolute atomic E-state index is 0.158. The molecule has 5 heteroatoms. The fraction of sp³-hybridized carbons (Fsp3) is 0.235. The number of hydrogen-bond acceptors (Lipinski definition) is 3. The number of hydrogen-bond donors (Lipinski definition) is 1. The van der Waals surface area contributed by atoms with Gasteiger partial charge in [-0.3, -0.25) is 14.6 Å². The van der Waals surface area contributed by atoms with Crippen molar-refractivity contribution in [2.75, 3.05) is 13.1 Å². The second-order valence-electron chi connectivity index (χ2n) is 5.40. The number of aliphatic carboxylic acids is 1. The third kappa shape index (κ3) is 2.83. The maximum Gasteiger partial charge on any atom is 0.308 e. The summed E-state index contributed by atoms with van der Waals surface area (Å²) in [6.07, 6.45) is 3.76. The Balaban J connectivity index is 1.81. The molecule has 2 heterocycles. The molecule has 0 spiro atoms. The van der Waals surface area contributed by atoms with Crippen molar-refractivity contribution in [1.82, 2.24) is 9.88 Å². The lowest BCUT2D eigenvalue weighted by molar-refractivity contribution is -0.141. The van der Waals surface area contributed by atoms with Gasteiger partial charge in [0.15, 0.2) is 0 Å². The summed E-state index contributed by atoms with van der Waals surface area (Å²) in [4.78, 5) is 29.2. The molecule has 0 radical (unpaired) electrons. The van der Waals surface area contributed by atoms with Crippen molar-refractivity contribution in [3.8, 4) is 11.1 Å². The Morgan fingerprint density at radius 2 is 1.91 bits per heavy atom. The first-order valence-corrected chi connectivity index (χ1v) is 7.17. The molecule has 1 aromatic heterocycles. The smallest absolute Gasteiger partial charge is 0.308 e. The Morgan fingerprint density at radius 3 is 2.59 bits per heavy atom. The molecule has 1 amide bonds. The van der Waals surface area contributed by atoms with Crippen LogP contribution in [-0.2, 0) is 4.79 Å². The molecule has 1 aromatic carbocycles. The first-order chi connectivity index (χ1) is 10.6. The van der Waals surface area contributed by atoms with Gasteiger partial charge in [-0.15, -0.1) is 0 Å². The standard InChI is InChI=1S/C17H16N2O3/c20-16(19-7-6-13(11-19)17(21)22)15-8-14(9-18-10-15)12-4-2-1-3-5-12/h1-5,8-10,13H,6-7,11H2,(H,21,22)/t13-/m0/s1. The van der Waals surface area contributed by atoms with Crippen LogP contribution in [0, 0.1) is 5.92 Å². The number of carbonyl (C=O) groups is 2.